The van der Waals surface area contributed by atoms with Gasteiger partial charge in [-0.05, 0) is 49.9 Å². The predicted molar refractivity (Wildman–Crippen MR) is 71.5 cm³/mol. The third-order valence-electron chi connectivity index (χ3n) is 4.49. The average Bonchev–Trinajstić information content (AvgIpc) is 2.83. The highest BCUT2D eigenvalue weighted by Gasteiger charge is 2.40. The lowest BCUT2D eigenvalue weighted by Gasteiger charge is -2.33. The van der Waals surface area contributed by atoms with E-state index in [0.29, 0.717) is 0 Å². The lowest BCUT2D eigenvalue weighted by Crippen LogP contribution is -2.39. The van der Waals surface area contributed by atoms with Crippen molar-refractivity contribution in [3.63, 3.8) is 0 Å². The Bertz CT molecular complexity index is 483. The summed E-state index contributed by atoms with van der Waals surface area (Å²) in [5.41, 5.74) is 0.472. The van der Waals surface area contributed by atoms with Gasteiger partial charge in [-0.15, -0.1) is 0 Å². The number of nitrogens with zero attached hydrogens (tertiary/aromatic N) is 1. The van der Waals surface area contributed by atoms with Crippen molar-refractivity contribution in [2.24, 2.45) is 5.41 Å². The molecule has 3 rings (SSSR count). The molecule has 0 aromatic heterocycles. The van der Waals surface area contributed by atoms with Crippen molar-refractivity contribution in [3.8, 4) is 0 Å². The Hall–Kier alpha value is -1.42. The molecule has 2 heterocycles. The Labute approximate surface area is 112 Å². The minimum atomic E-state index is -0.418. The van der Waals surface area contributed by atoms with Crippen molar-refractivity contribution in [1.82, 2.24) is 10.2 Å². The van der Waals surface area contributed by atoms with Crippen LogP contribution in [0, 0.1) is 11.2 Å². The van der Waals surface area contributed by atoms with E-state index in [4.69, 9.17) is 0 Å². The number of halogens is 1. The Morgan fingerprint density at radius 1 is 1.21 bits per heavy atom. The van der Waals surface area contributed by atoms with E-state index in [1.54, 1.807) is 18.2 Å². The number of piperidine rings is 1. The average molecular weight is 262 g/mol. The van der Waals surface area contributed by atoms with Crippen molar-refractivity contribution in [3.05, 3.63) is 35.6 Å². The van der Waals surface area contributed by atoms with E-state index < -0.39 is 5.82 Å². The fourth-order valence-electron chi connectivity index (χ4n) is 3.28. The molecule has 3 nitrogen and oxygen atoms in total. The normalized spacial score (nSPS) is 21.8. The zero-order chi connectivity index (χ0) is 13.3. The van der Waals surface area contributed by atoms with Crippen LogP contribution in [-0.2, 0) is 0 Å². The van der Waals surface area contributed by atoms with Gasteiger partial charge in [0, 0.05) is 13.1 Å². The van der Waals surface area contributed by atoms with Crippen molar-refractivity contribution in [1.29, 1.82) is 0 Å². The summed E-state index contributed by atoms with van der Waals surface area (Å²) in [6.07, 6.45) is 3.29. The Morgan fingerprint density at radius 3 is 2.68 bits per heavy atom. The molecule has 19 heavy (non-hydrogen) atoms. The van der Waals surface area contributed by atoms with E-state index >= 15 is 0 Å². The van der Waals surface area contributed by atoms with E-state index in [0.717, 1.165) is 45.4 Å². The molecule has 0 atom stereocenters. The molecular formula is C15H19FN2O. The molecule has 1 N–H and O–H groups in total. The second-order valence-corrected chi connectivity index (χ2v) is 5.71. The minimum absolute atomic E-state index is 0.159. The number of amides is 1. The molecule has 4 heteroatoms. The van der Waals surface area contributed by atoms with Crippen LogP contribution in [-0.4, -0.2) is 37.0 Å². The molecule has 1 aromatic rings. The van der Waals surface area contributed by atoms with Crippen LogP contribution in [0.2, 0.25) is 0 Å². The molecule has 2 saturated heterocycles. The molecule has 1 amide bonds. The van der Waals surface area contributed by atoms with Gasteiger partial charge in [-0.2, -0.15) is 0 Å². The Morgan fingerprint density at radius 2 is 1.95 bits per heavy atom. The summed E-state index contributed by atoms with van der Waals surface area (Å²) in [7, 11) is 0. The minimum Gasteiger partial charge on any atom is -0.338 e. The highest BCUT2D eigenvalue weighted by atomic mass is 19.1. The quantitative estimate of drug-likeness (QED) is 0.840. The molecule has 2 aliphatic rings. The summed E-state index contributed by atoms with van der Waals surface area (Å²) >= 11 is 0. The number of benzene rings is 1. The summed E-state index contributed by atoms with van der Waals surface area (Å²) in [5, 5.41) is 3.36. The first-order chi connectivity index (χ1) is 9.20. The highest BCUT2D eigenvalue weighted by molar-refractivity contribution is 5.94. The summed E-state index contributed by atoms with van der Waals surface area (Å²) in [6.45, 7) is 3.60. The van der Waals surface area contributed by atoms with E-state index in [1.165, 1.54) is 6.07 Å². The second-order valence-electron chi connectivity index (χ2n) is 5.71. The zero-order valence-corrected chi connectivity index (χ0v) is 11.0. The number of hydrogen-bond acceptors (Lipinski definition) is 2. The largest absolute Gasteiger partial charge is 0.338 e. The van der Waals surface area contributed by atoms with Crippen molar-refractivity contribution >= 4 is 5.91 Å². The number of rotatable bonds is 1. The van der Waals surface area contributed by atoms with E-state index in [9.17, 15) is 9.18 Å². The smallest absolute Gasteiger partial charge is 0.256 e. The number of nitrogens with one attached hydrogen (secondary N) is 1. The van der Waals surface area contributed by atoms with E-state index in [1.807, 2.05) is 4.90 Å². The number of hydrogen-bond donors (Lipinski definition) is 1. The summed E-state index contributed by atoms with van der Waals surface area (Å²) in [5.74, 6) is -0.577. The molecular weight excluding hydrogens is 243 g/mol. The monoisotopic (exact) mass is 262 g/mol. The van der Waals surface area contributed by atoms with Gasteiger partial charge < -0.3 is 10.2 Å². The third kappa shape index (κ3) is 2.37. The molecule has 102 valence electrons. The fourth-order valence-corrected chi connectivity index (χ4v) is 3.28. The van der Waals surface area contributed by atoms with Crippen LogP contribution in [0.3, 0.4) is 0 Å². The van der Waals surface area contributed by atoms with Gasteiger partial charge in [0.2, 0.25) is 0 Å². The van der Waals surface area contributed by atoms with Gasteiger partial charge in [-0.1, -0.05) is 12.1 Å². The summed E-state index contributed by atoms with van der Waals surface area (Å²) < 4.78 is 13.7. The van der Waals surface area contributed by atoms with E-state index in [2.05, 4.69) is 5.32 Å². The summed E-state index contributed by atoms with van der Waals surface area (Å²) in [4.78, 5) is 14.2. The Kier molecular flexibility index (Phi) is 3.27. The molecule has 1 aromatic carbocycles. The molecule has 2 fully saturated rings. The van der Waals surface area contributed by atoms with Crippen LogP contribution in [0.4, 0.5) is 4.39 Å². The first-order valence-electron chi connectivity index (χ1n) is 6.95. The topological polar surface area (TPSA) is 32.3 Å². The van der Waals surface area contributed by atoms with Crippen molar-refractivity contribution in [2.75, 3.05) is 26.2 Å². The van der Waals surface area contributed by atoms with Crippen molar-refractivity contribution in [2.45, 2.75) is 19.3 Å². The molecule has 0 aliphatic carbocycles. The third-order valence-corrected chi connectivity index (χ3v) is 4.49. The molecule has 0 radical (unpaired) electrons. The number of carbonyl (C=O) groups excluding carboxylic acids is 1. The maximum atomic E-state index is 13.7. The van der Waals surface area contributed by atoms with Crippen LogP contribution < -0.4 is 5.32 Å². The highest BCUT2D eigenvalue weighted by Crippen LogP contribution is 2.39. The lowest BCUT2D eigenvalue weighted by atomic mass is 9.78. The van der Waals surface area contributed by atoms with Gasteiger partial charge in [0.25, 0.3) is 5.91 Å². The Balaban J connectivity index is 1.74. The molecule has 0 bridgehead atoms. The van der Waals surface area contributed by atoms with E-state index in [-0.39, 0.29) is 16.9 Å². The molecule has 2 aliphatic heterocycles. The maximum Gasteiger partial charge on any atom is 0.256 e. The van der Waals surface area contributed by atoms with Gasteiger partial charge in [0.15, 0.2) is 0 Å². The molecule has 0 saturated carbocycles. The standard InChI is InChI=1S/C15H19FN2O/c16-13-4-2-1-3-12(13)14(19)18-10-7-15(11-18)5-8-17-9-6-15/h1-4,17H,5-11H2. The van der Waals surface area contributed by atoms with Crippen LogP contribution in [0.15, 0.2) is 24.3 Å². The van der Waals surface area contributed by atoms with Crippen LogP contribution in [0.1, 0.15) is 29.6 Å². The van der Waals surface area contributed by atoms with Crippen molar-refractivity contribution < 1.29 is 9.18 Å². The van der Waals surface area contributed by atoms with Crippen LogP contribution in [0.25, 0.3) is 0 Å². The first kappa shape index (κ1) is 12.6. The lowest BCUT2D eigenvalue weighted by molar-refractivity contribution is 0.0757. The molecule has 1 spiro atoms. The maximum absolute atomic E-state index is 13.7. The second kappa shape index (κ2) is 4.93. The number of likely N-dealkylation sites (tertiary alicyclic amines) is 1. The number of carbonyl (C=O) groups is 1. The van der Waals surface area contributed by atoms with Crippen LogP contribution in [0.5, 0.6) is 0 Å². The van der Waals surface area contributed by atoms with Gasteiger partial charge >= 0.3 is 0 Å². The zero-order valence-electron chi connectivity index (χ0n) is 11.0. The van der Waals surface area contributed by atoms with Gasteiger partial charge in [-0.3, -0.25) is 4.79 Å². The predicted octanol–water partition coefficient (Wildman–Crippen LogP) is 2.04. The van der Waals surface area contributed by atoms with Gasteiger partial charge in [0.1, 0.15) is 5.82 Å². The fraction of sp³-hybridized carbons (Fsp3) is 0.533. The SMILES string of the molecule is O=C(c1ccccc1F)N1CCC2(CCNCC2)C1. The van der Waals surface area contributed by atoms with Crippen LogP contribution >= 0.6 is 0 Å². The molecule has 0 unspecified atom stereocenters. The van der Waals surface area contributed by atoms with Gasteiger partial charge in [-0.25, -0.2) is 4.39 Å². The first-order valence-corrected chi connectivity index (χ1v) is 6.95. The van der Waals surface area contributed by atoms with Gasteiger partial charge in [0.05, 0.1) is 5.56 Å². The summed E-state index contributed by atoms with van der Waals surface area (Å²) in [6, 6.07) is 6.26.